The van der Waals surface area contributed by atoms with Gasteiger partial charge < -0.3 is 10.2 Å². The molecule has 0 heterocycles. The molecule has 0 radical (unpaired) electrons. The van der Waals surface area contributed by atoms with E-state index < -0.39 is 28.5 Å². The third-order valence-electron chi connectivity index (χ3n) is 4.90. The number of anilines is 1. The lowest BCUT2D eigenvalue weighted by molar-refractivity contribution is -0.140. The van der Waals surface area contributed by atoms with Gasteiger partial charge in [0.25, 0.3) is 0 Å². The number of sulfonamides is 1. The summed E-state index contributed by atoms with van der Waals surface area (Å²) >= 11 is 16.0. The number of hydrogen-bond acceptors (Lipinski definition) is 4. The summed E-state index contributed by atoms with van der Waals surface area (Å²) in [5, 5.41) is 3.42. The zero-order chi connectivity index (χ0) is 24.8. The molecule has 0 aromatic heterocycles. The largest absolute Gasteiger partial charge is 0.355 e. The normalized spacial score (nSPS) is 12.2. The van der Waals surface area contributed by atoms with Gasteiger partial charge in [0.2, 0.25) is 21.8 Å². The van der Waals surface area contributed by atoms with Crippen LogP contribution in [0, 0.1) is 0 Å². The van der Waals surface area contributed by atoms with Gasteiger partial charge in [-0.25, -0.2) is 8.42 Å². The Labute approximate surface area is 213 Å². The smallest absolute Gasteiger partial charge is 0.244 e. The Kier molecular flexibility index (Phi) is 10.0. The molecule has 2 aromatic rings. The number of carbonyl (C=O) groups is 2. The summed E-state index contributed by atoms with van der Waals surface area (Å²) in [5.41, 5.74) is 0.798. The molecule has 0 aliphatic heterocycles. The average molecular weight is 579 g/mol. The van der Waals surface area contributed by atoms with Crippen LogP contribution in [-0.2, 0) is 26.2 Å². The van der Waals surface area contributed by atoms with Gasteiger partial charge in [-0.05, 0) is 43.7 Å². The number of likely N-dealkylation sites (N-methyl/N-ethyl adjacent to an activating group) is 1. The molecule has 7 nitrogen and oxygen atoms in total. The average Bonchev–Trinajstić information content (AvgIpc) is 2.73. The lowest BCUT2D eigenvalue weighted by atomic mass is 10.1. The van der Waals surface area contributed by atoms with Gasteiger partial charge >= 0.3 is 0 Å². The second-order valence-corrected chi connectivity index (χ2v) is 10.9. The minimum Gasteiger partial charge on any atom is -0.355 e. The molecule has 0 aliphatic carbocycles. The third-order valence-corrected chi connectivity index (χ3v) is 7.24. The van der Waals surface area contributed by atoms with Crippen LogP contribution in [0.2, 0.25) is 10.0 Å². The Bertz CT molecular complexity index is 1090. The van der Waals surface area contributed by atoms with E-state index in [0.29, 0.717) is 38.7 Å². The van der Waals surface area contributed by atoms with Crippen LogP contribution < -0.4 is 9.62 Å². The highest BCUT2D eigenvalue weighted by atomic mass is 79.9. The Hall–Kier alpha value is -1.81. The highest BCUT2D eigenvalue weighted by Gasteiger charge is 2.32. The number of rotatable bonds is 10. The summed E-state index contributed by atoms with van der Waals surface area (Å²) in [6.45, 7) is 3.39. The maximum Gasteiger partial charge on any atom is 0.244 e. The molecule has 2 aromatic carbocycles. The van der Waals surface area contributed by atoms with Crippen LogP contribution in [0.5, 0.6) is 0 Å². The summed E-state index contributed by atoms with van der Waals surface area (Å²) in [6, 6.07) is 10.7. The molecule has 0 saturated heterocycles. The van der Waals surface area contributed by atoms with Crippen LogP contribution in [0.25, 0.3) is 0 Å². The summed E-state index contributed by atoms with van der Waals surface area (Å²) < 4.78 is 26.8. The summed E-state index contributed by atoms with van der Waals surface area (Å²) in [7, 11) is -3.80. The van der Waals surface area contributed by atoms with E-state index in [1.165, 1.54) is 4.90 Å². The molecule has 1 atom stereocenters. The highest BCUT2D eigenvalue weighted by Crippen LogP contribution is 2.28. The van der Waals surface area contributed by atoms with Gasteiger partial charge in [0.15, 0.2) is 0 Å². The van der Waals surface area contributed by atoms with E-state index in [9.17, 15) is 18.0 Å². The van der Waals surface area contributed by atoms with E-state index in [-0.39, 0.29) is 12.5 Å². The lowest BCUT2D eigenvalue weighted by Crippen LogP contribution is -2.52. The maximum absolute atomic E-state index is 13.5. The minimum absolute atomic E-state index is 0.0525. The zero-order valence-corrected chi connectivity index (χ0v) is 22.4. The van der Waals surface area contributed by atoms with E-state index in [0.717, 1.165) is 10.6 Å². The zero-order valence-electron chi connectivity index (χ0n) is 18.5. The van der Waals surface area contributed by atoms with Crippen LogP contribution in [-0.4, -0.2) is 50.5 Å². The fourth-order valence-electron chi connectivity index (χ4n) is 3.31. The highest BCUT2D eigenvalue weighted by molar-refractivity contribution is 9.10. The number of nitrogens with one attached hydrogen (secondary N) is 1. The van der Waals surface area contributed by atoms with Crippen LogP contribution in [0.15, 0.2) is 46.9 Å². The Morgan fingerprint density at radius 2 is 1.70 bits per heavy atom. The molecule has 0 fully saturated rings. The van der Waals surface area contributed by atoms with Crippen molar-refractivity contribution in [3.05, 3.63) is 62.5 Å². The molecule has 2 amide bonds. The van der Waals surface area contributed by atoms with Crippen LogP contribution in [0.1, 0.15) is 25.8 Å². The van der Waals surface area contributed by atoms with Gasteiger partial charge in [-0.3, -0.25) is 13.9 Å². The van der Waals surface area contributed by atoms with Crippen molar-refractivity contribution in [2.75, 3.05) is 23.7 Å². The standard InChI is InChI=1S/C22H26BrCl2N3O4S/c1-4-20(22(30)26-5-2)27(13-17-18(24)10-7-11-19(17)25)21(29)14-28(33(3,31)32)16-9-6-8-15(23)12-16/h6-12,20H,4-5,13-14H2,1-3H3,(H,26,30). The van der Waals surface area contributed by atoms with E-state index in [4.69, 9.17) is 23.2 Å². The molecular formula is C22H26BrCl2N3O4S. The molecule has 0 bridgehead atoms. The number of benzene rings is 2. The first-order chi connectivity index (χ1) is 15.5. The molecule has 2 rings (SSSR count). The molecule has 11 heteroatoms. The van der Waals surface area contributed by atoms with Crippen molar-refractivity contribution in [2.24, 2.45) is 0 Å². The number of carbonyl (C=O) groups excluding carboxylic acids is 2. The number of nitrogens with zero attached hydrogens (tertiary/aromatic N) is 2. The summed E-state index contributed by atoms with van der Waals surface area (Å²) in [4.78, 5) is 27.6. The second-order valence-electron chi connectivity index (χ2n) is 7.29. The molecule has 1 unspecified atom stereocenters. The molecular weight excluding hydrogens is 553 g/mol. The fourth-order valence-corrected chi connectivity index (χ4v) is 5.06. The number of halogens is 3. The van der Waals surface area contributed by atoms with Crippen molar-refractivity contribution in [1.29, 1.82) is 0 Å². The first-order valence-electron chi connectivity index (χ1n) is 10.2. The van der Waals surface area contributed by atoms with E-state index in [1.54, 1.807) is 56.3 Å². The van der Waals surface area contributed by atoms with Gasteiger partial charge in [0.1, 0.15) is 12.6 Å². The van der Waals surface area contributed by atoms with Crippen molar-refractivity contribution >= 4 is 66.7 Å². The van der Waals surface area contributed by atoms with Crippen molar-refractivity contribution in [1.82, 2.24) is 10.2 Å². The molecule has 180 valence electrons. The molecule has 0 aliphatic rings. The van der Waals surface area contributed by atoms with Crippen LogP contribution >= 0.6 is 39.1 Å². The molecule has 0 saturated carbocycles. The van der Waals surface area contributed by atoms with Gasteiger partial charge in [0, 0.05) is 33.2 Å². The van der Waals surface area contributed by atoms with Gasteiger partial charge in [0.05, 0.1) is 11.9 Å². The molecule has 1 N–H and O–H groups in total. The van der Waals surface area contributed by atoms with E-state index in [1.807, 2.05) is 0 Å². The third kappa shape index (κ3) is 7.34. The topological polar surface area (TPSA) is 86.8 Å². The second kappa shape index (κ2) is 12.1. The Morgan fingerprint density at radius 1 is 1.09 bits per heavy atom. The van der Waals surface area contributed by atoms with E-state index in [2.05, 4.69) is 21.2 Å². The minimum atomic E-state index is -3.80. The van der Waals surface area contributed by atoms with E-state index >= 15 is 0 Å². The summed E-state index contributed by atoms with van der Waals surface area (Å²) in [6.07, 6.45) is 1.34. The molecule has 0 spiro atoms. The van der Waals surface area contributed by atoms with Crippen molar-refractivity contribution in [2.45, 2.75) is 32.9 Å². The van der Waals surface area contributed by atoms with Gasteiger partial charge in [-0.1, -0.05) is 58.2 Å². The lowest BCUT2D eigenvalue weighted by Gasteiger charge is -2.33. The first kappa shape index (κ1) is 27.4. The Morgan fingerprint density at radius 3 is 2.21 bits per heavy atom. The number of hydrogen-bond donors (Lipinski definition) is 1. The van der Waals surface area contributed by atoms with Crippen LogP contribution in [0.3, 0.4) is 0 Å². The van der Waals surface area contributed by atoms with Gasteiger partial charge in [-0.15, -0.1) is 0 Å². The SMILES string of the molecule is CCNC(=O)C(CC)N(Cc1c(Cl)cccc1Cl)C(=O)CN(c1cccc(Br)c1)S(C)(=O)=O. The maximum atomic E-state index is 13.5. The first-order valence-corrected chi connectivity index (χ1v) is 13.6. The van der Waals surface area contributed by atoms with Gasteiger partial charge in [-0.2, -0.15) is 0 Å². The van der Waals surface area contributed by atoms with Crippen molar-refractivity contribution in [3.8, 4) is 0 Å². The quantitative estimate of drug-likeness (QED) is 0.451. The monoisotopic (exact) mass is 577 g/mol. The van der Waals surface area contributed by atoms with Crippen LogP contribution in [0.4, 0.5) is 5.69 Å². The number of amides is 2. The molecule has 33 heavy (non-hydrogen) atoms. The van der Waals surface area contributed by atoms with Crippen molar-refractivity contribution < 1.29 is 18.0 Å². The fraction of sp³-hybridized carbons (Fsp3) is 0.364. The predicted molar refractivity (Wildman–Crippen MR) is 136 cm³/mol. The Balaban J connectivity index is 2.49. The summed E-state index contributed by atoms with van der Waals surface area (Å²) in [5.74, 6) is -0.903. The predicted octanol–water partition coefficient (Wildman–Crippen LogP) is 4.47. The van der Waals surface area contributed by atoms with Crippen molar-refractivity contribution in [3.63, 3.8) is 0 Å².